The fourth-order valence-corrected chi connectivity index (χ4v) is 11.4. The molecule has 322 valence electrons. The van der Waals surface area contributed by atoms with Crippen molar-refractivity contribution in [3.63, 3.8) is 0 Å². The van der Waals surface area contributed by atoms with E-state index in [4.69, 9.17) is 0 Å². The zero-order valence-corrected chi connectivity index (χ0v) is 38.2. The summed E-state index contributed by atoms with van der Waals surface area (Å²) in [4.78, 5) is 2.62. The molecule has 13 rings (SSSR count). The standard InChI is InChI=1S/C66H48N2/c1-43-19-16-31-53(46-23-8-4-9-24-46)65(43)67(59-33-14-12-29-51(59)45-21-6-3-7-22-45)61-40-36-48-35-37-57-62-42-58(55-38-39-56(61)63(48)64(55)57)50-28-18-27-49(41-50)52-30-13-15-34-60(52)68(62)66-44(2)20-17-32-54(66)47-25-10-5-11-26-47/h3-18,20-43H,19H2,1-2H3. The van der Waals surface area contributed by atoms with Gasteiger partial charge in [-0.25, -0.2) is 0 Å². The van der Waals surface area contributed by atoms with Crippen molar-refractivity contribution in [2.75, 3.05) is 4.90 Å². The largest absolute Gasteiger partial charge is 0.312 e. The van der Waals surface area contributed by atoms with E-state index in [2.05, 4.69) is 260 Å². The van der Waals surface area contributed by atoms with E-state index >= 15 is 0 Å². The summed E-state index contributed by atoms with van der Waals surface area (Å²) in [5, 5.41) is 12.3. The van der Waals surface area contributed by atoms with E-state index in [0.717, 1.165) is 11.9 Å². The van der Waals surface area contributed by atoms with Crippen LogP contribution in [0.15, 0.2) is 242 Å². The van der Waals surface area contributed by atoms with Gasteiger partial charge in [0.25, 0.3) is 0 Å². The lowest BCUT2D eigenvalue weighted by Crippen LogP contribution is -2.25. The first-order valence-corrected chi connectivity index (χ1v) is 23.9. The summed E-state index contributed by atoms with van der Waals surface area (Å²) < 4.78 is 2.58. The van der Waals surface area contributed by atoms with Crippen molar-refractivity contribution >= 4 is 81.8 Å². The normalized spacial score (nSPS) is 14.0. The third-order valence-electron chi connectivity index (χ3n) is 14.5. The van der Waals surface area contributed by atoms with E-state index in [1.54, 1.807) is 0 Å². The lowest BCUT2D eigenvalue weighted by atomic mass is 9.86. The molecule has 0 saturated carbocycles. The molecule has 0 amide bonds. The van der Waals surface area contributed by atoms with Crippen LogP contribution in [0.5, 0.6) is 0 Å². The third kappa shape index (κ3) is 6.32. The molecule has 0 aliphatic heterocycles. The Morgan fingerprint density at radius 2 is 1.04 bits per heavy atom. The highest BCUT2D eigenvalue weighted by molar-refractivity contribution is 6.33. The van der Waals surface area contributed by atoms with Crippen molar-refractivity contribution in [1.82, 2.24) is 4.57 Å². The number of para-hydroxylation sites is 3. The van der Waals surface area contributed by atoms with Crippen molar-refractivity contribution in [2.24, 2.45) is 5.92 Å². The molecule has 68 heavy (non-hydrogen) atoms. The van der Waals surface area contributed by atoms with Crippen molar-refractivity contribution in [2.45, 2.75) is 20.3 Å². The van der Waals surface area contributed by atoms with Gasteiger partial charge in [0, 0.05) is 49.9 Å². The molecule has 0 radical (unpaired) electrons. The summed E-state index contributed by atoms with van der Waals surface area (Å²) >= 11 is 0. The van der Waals surface area contributed by atoms with Crippen LogP contribution in [0.3, 0.4) is 0 Å². The number of benzene rings is 11. The average Bonchev–Trinajstić information content (AvgIpc) is 3.43. The second kappa shape index (κ2) is 16.2. The van der Waals surface area contributed by atoms with E-state index in [1.165, 1.54) is 121 Å². The molecule has 4 bridgehead atoms. The zero-order valence-electron chi connectivity index (χ0n) is 38.2. The van der Waals surface area contributed by atoms with Gasteiger partial charge in [-0.3, -0.25) is 0 Å². The molecule has 1 unspecified atom stereocenters. The number of hydrogen-bond acceptors (Lipinski definition) is 1. The summed E-state index contributed by atoms with van der Waals surface area (Å²) in [6, 6.07) is 83.4. The molecule has 1 heterocycles. The topological polar surface area (TPSA) is 8.17 Å². The second-order valence-electron chi connectivity index (χ2n) is 18.5. The Bertz CT molecular complexity index is 4010. The van der Waals surface area contributed by atoms with Gasteiger partial charge in [-0.05, 0) is 98.2 Å². The van der Waals surface area contributed by atoms with Crippen LogP contribution in [0, 0.1) is 12.8 Å². The van der Waals surface area contributed by atoms with Crippen molar-refractivity contribution in [3.05, 3.63) is 253 Å². The van der Waals surface area contributed by atoms with Crippen LogP contribution in [0.25, 0.3) is 98.4 Å². The van der Waals surface area contributed by atoms with E-state index in [9.17, 15) is 0 Å². The molecule has 0 spiro atoms. The van der Waals surface area contributed by atoms with Crippen molar-refractivity contribution in [3.8, 4) is 27.9 Å². The maximum absolute atomic E-state index is 2.62. The van der Waals surface area contributed by atoms with Crippen molar-refractivity contribution < 1.29 is 0 Å². The van der Waals surface area contributed by atoms with E-state index in [-0.39, 0.29) is 5.92 Å². The molecule has 1 aliphatic rings. The lowest BCUT2D eigenvalue weighted by molar-refractivity contribution is 0.675. The predicted molar refractivity (Wildman–Crippen MR) is 291 cm³/mol. The second-order valence-corrected chi connectivity index (χ2v) is 18.5. The zero-order chi connectivity index (χ0) is 45.3. The van der Waals surface area contributed by atoms with Gasteiger partial charge in [0.1, 0.15) is 0 Å². The quantitative estimate of drug-likeness (QED) is 0.145. The monoisotopic (exact) mass is 868 g/mol. The molecule has 0 fully saturated rings. The van der Waals surface area contributed by atoms with E-state index in [1.807, 2.05) is 0 Å². The molecule has 2 nitrogen and oxygen atoms in total. The van der Waals surface area contributed by atoms with Gasteiger partial charge in [-0.2, -0.15) is 0 Å². The Hall–Kier alpha value is -8.46. The Morgan fingerprint density at radius 1 is 0.426 bits per heavy atom. The fraction of sp³-hybridized carbons (Fsp3) is 0.0606. The maximum Gasteiger partial charge on any atom is 0.0569 e. The number of fused-ring (bicyclic) bond motifs is 9. The summed E-state index contributed by atoms with van der Waals surface area (Å²) in [6.45, 7) is 4.66. The number of aryl methyl sites for hydroxylation is 1. The summed E-state index contributed by atoms with van der Waals surface area (Å²) in [5.41, 5.74) is 15.6. The molecule has 1 atom stereocenters. The first-order chi connectivity index (χ1) is 33.6. The molecule has 1 aliphatic carbocycles. The molecule has 0 N–H and O–H groups in total. The Kier molecular flexibility index (Phi) is 9.47. The lowest BCUT2D eigenvalue weighted by Gasteiger charge is -2.37. The smallest absolute Gasteiger partial charge is 0.0569 e. The van der Waals surface area contributed by atoms with Gasteiger partial charge in [0.15, 0.2) is 0 Å². The highest BCUT2D eigenvalue weighted by Crippen LogP contribution is 2.50. The molecule has 0 saturated heterocycles. The summed E-state index contributed by atoms with van der Waals surface area (Å²) in [7, 11) is 0. The first kappa shape index (κ1) is 39.9. The Labute approximate surface area is 397 Å². The highest BCUT2D eigenvalue weighted by Gasteiger charge is 2.29. The average molecular weight is 869 g/mol. The minimum atomic E-state index is 0.242. The Balaban J connectivity index is 1.21. The molecule has 12 aromatic rings. The molecule has 2 heteroatoms. The van der Waals surface area contributed by atoms with Crippen LogP contribution in [0.2, 0.25) is 0 Å². The van der Waals surface area contributed by atoms with Gasteiger partial charge >= 0.3 is 0 Å². The summed E-state index contributed by atoms with van der Waals surface area (Å²) in [5.74, 6) is 0.242. The maximum atomic E-state index is 2.62. The summed E-state index contributed by atoms with van der Waals surface area (Å²) in [6.07, 6.45) is 5.66. The number of aromatic nitrogens is 1. The number of anilines is 2. The van der Waals surface area contributed by atoms with Crippen LogP contribution in [-0.2, 0) is 0 Å². The van der Waals surface area contributed by atoms with Crippen molar-refractivity contribution in [1.29, 1.82) is 0 Å². The molecule has 1 aromatic heterocycles. The fourth-order valence-electron chi connectivity index (χ4n) is 11.4. The molecular formula is C66H48N2. The van der Waals surface area contributed by atoms with Gasteiger partial charge in [-0.15, -0.1) is 0 Å². The number of nitrogens with zero attached hydrogens (tertiary/aromatic N) is 2. The van der Waals surface area contributed by atoms with Gasteiger partial charge in [0.05, 0.1) is 28.1 Å². The molecule has 11 aromatic carbocycles. The number of rotatable bonds is 7. The van der Waals surface area contributed by atoms with E-state index in [0.29, 0.717) is 0 Å². The minimum absolute atomic E-state index is 0.242. The Morgan fingerprint density at radius 3 is 1.84 bits per heavy atom. The van der Waals surface area contributed by atoms with Crippen LogP contribution in [-0.4, -0.2) is 4.57 Å². The van der Waals surface area contributed by atoms with Crippen LogP contribution in [0.4, 0.5) is 11.4 Å². The third-order valence-corrected chi connectivity index (χ3v) is 14.5. The van der Waals surface area contributed by atoms with Gasteiger partial charge < -0.3 is 9.47 Å². The van der Waals surface area contributed by atoms with Crippen LogP contribution < -0.4 is 4.90 Å². The van der Waals surface area contributed by atoms with Gasteiger partial charge in [-0.1, -0.05) is 213 Å². The number of allylic oxidation sites excluding steroid dienone is 4. The van der Waals surface area contributed by atoms with Gasteiger partial charge in [0.2, 0.25) is 0 Å². The highest BCUT2D eigenvalue weighted by atomic mass is 15.2. The van der Waals surface area contributed by atoms with E-state index < -0.39 is 0 Å². The number of hydrogen-bond donors (Lipinski definition) is 0. The van der Waals surface area contributed by atoms with Crippen LogP contribution >= 0.6 is 0 Å². The van der Waals surface area contributed by atoms with Crippen LogP contribution in [0.1, 0.15) is 24.5 Å². The minimum Gasteiger partial charge on any atom is -0.312 e. The SMILES string of the molecule is Cc1cccc(-c2ccccc2)c1-n1c2ccccc2c2cccc(c2)c2cc1c1ccc3ccc(N(C4=C(c5ccccc5)C=CCC4C)c4ccccc4-c4ccccc4)c4ccc2c1c34. The first-order valence-electron chi connectivity index (χ1n) is 23.9. The molecular weight excluding hydrogens is 821 g/mol. The predicted octanol–water partition coefficient (Wildman–Crippen LogP) is 18.2.